The van der Waals surface area contributed by atoms with Gasteiger partial charge in [-0.25, -0.2) is 0 Å². The first-order valence-corrected chi connectivity index (χ1v) is 9.91. The van der Waals surface area contributed by atoms with Crippen molar-refractivity contribution in [2.75, 3.05) is 7.11 Å². The van der Waals surface area contributed by atoms with E-state index in [9.17, 15) is 0 Å². The molecule has 0 amide bonds. The normalized spacial score (nSPS) is 13.5. The Labute approximate surface area is 161 Å². The number of benzene rings is 1. The molecule has 0 saturated carbocycles. The lowest BCUT2D eigenvalue weighted by Gasteiger charge is -2.11. The molecule has 0 unspecified atom stereocenters. The van der Waals surface area contributed by atoms with Crippen LogP contribution < -0.4 is 4.74 Å². The van der Waals surface area contributed by atoms with Gasteiger partial charge in [-0.05, 0) is 67.6 Å². The Bertz CT molecular complexity index is 1060. The second kappa shape index (κ2) is 6.70. The Hall–Kier alpha value is -2.86. The second-order valence-electron chi connectivity index (χ2n) is 6.63. The van der Waals surface area contributed by atoms with Gasteiger partial charge in [0.2, 0.25) is 5.82 Å². The van der Waals surface area contributed by atoms with E-state index in [-0.39, 0.29) is 0 Å². The van der Waals surface area contributed by atoms with Gasteiger partial charge in [0.25, 0.3) is 5.89 Å². The van der Waals surface area contributed by atoms with Crippen LogP contribution in [0.4, 0.5) is 0 Å². The molecule has 1 aliphatic rings. The fraction of sp³-hybridized carbons (Fsp3) is 0.238. The van der Waals surface area contributed by atoms with E-state index >= 15 is 0 Å². The van der Waals surface area contributed by atoms with Crippen LogP contribution >= 0.6 is 11.3 Å². The monoisotopic (exact) mass is 377 g/mol. The van der Waals surface area contributed by atoms with E-state index in [0.717, 1.165) is 29.7 Å². The maximum Gasteiger partial charge on any atom is 0.258 e. The summed E-state index contributed by atoms with van der Waals surface area (Å²) in [6, 6.07) is 11.8. The molecular weight excluding hydrogens is 358 g/mol. The summed E-state index contributed by atoms with van der Waals surface area (Å²) in [5.74, 6) is 2.01. The maximum atomic E-state index is 5.60. The van der Waals surface area contributed by atoms with E-state index in [2.05, 4.69) is 22.1 Å². The summed E-state index contributed by atoms with van der Waals surface area (Å²) in [7, 11) is 1.66. The van der Waals surface area contributed by atoms with Crippen LogP contribution in [0.3, 0.4) is 0 Å². The predicted molar refractivity (Wildman–Crippen MR) is 106 cm³/mol. The molecule has 3 aromatic heterocycles. The van der Waals surface area contributed by atoms with Gasteiger partial charge in [0.1, 0.15) is 10.8 Å². The first kappa shape index (κ1) is 16.3. The highest BCUT2D eigenvalue weighted by Crippen LogP contribution is 2.42. The number of nitrogens with zero attached hydrogens (tertiary/aromatic N) is 3. The van der Waals surface area contributed by atoms with Crippen LogP contribution in [0.1, 0.15) is 23.3 Å². The van der Waals surface area contributed by atoms with Crippen LogP contribution in [0.2, 0.25) is 0 Å². The molecule has 0 saturated heterocycles. The number of hydrogen-bond donors (Lipinski definition) is 0. The standard InChI is InChI=1S/C21H19N3O2S/c1-25-15-10-8-14(9-11-15)20-22-19(23-26-20)18-16-6-2-3-7-17(16)27-21(18)24-12-4-5-13-24/h4-5,8-13H,2-3,6-7H2,1H3. The number of rotatable bonds is 4. The van der Waals surface area contributed by atoms with Gasteiger partial charge < -0.3 is 13.8 Å². The van der Waals surface area contributed by atoms with Crippen molar-refractivity contribution in [1.29, 1.82) is 0 Å². The molecule has 1 aliphatic carbocycles. The average molecular weight is 377 g/mol. The van der Waals surface area contributed by atoms with Crippen molar-refractivity contribution in [3.63, 3.8) is 0 Å². The molecule has 4 aromatic rings. The van der Waals surface area contributed by atoms with Crippen molar-refractivity contribution in [3.05, 3.63) is 59.2 Å². The smallest absolute Gasteiger partial charge is 0.258 e. The second-order valence-corrected chi connectivity index (χ2v) is 7.72. The van der Waals surface area contributed by atoms with Gasteiger partial charge >= 0.3 is 0 Å². The van der Waals surface area contributed by atoms with Crippen molar-refractivity contribution < 1.29 is 9.26 Å². The Morgan fingerprint density at radius 3 is 2.63 bits per heavy atom. The Kier molecular flexibility index (Phi) is 4.05. The van der Waals surface area contributed by atoms with Gasteiger partial charge in [-0.1, -0.05) is 5.16 Å². The zero-order chi connectivity index (χ0) is 18.2. The van der Waals surface area contributed by atoms with Crippen LogP contribution in [-0.4, -0.2) is 21.8 Å². The lowest BCUT2D eigenvalue weighted by atomic mass is 9.95. The minimum absolute atomic E-state index is 0.530. The first-order valence-electron chi connectivity index (χ1n) is 9.10. The molecule has 0 radical (unpaired) electrons. The third kappa shape index (κ3) is 2.86. The van der Waals surface area contributed by atoms with Crippen molar-refractivity contribution >= 4 is 11.3 Å². The third-order valence-electron chi connectivity index (χ3n) is 4.98. The number of aromatic nitrogens is 3. The molecule has 0 spiro atoms. The average Bonchev–Trinajstić information content (AvgIpc) is 3.46. The van der Waals surface area contributed by atoms with Crippen LogP contribution in [0.5, 0.6) is 5.75 Å². The molecule has 27 heavy (non-hydrogen) atoms. The topological polar surface area (TPSA) is 53.1 Å². The van der Waals surface area contributed by atoms with Crippen LogP contribution in [0.15, 0.2) is 53.3 Å². The van der Waals surface area contributed by atoms with E-state index in [4.69, 9.17) is 14.2 Å². The van der Waals surface area contributed by atoms with E-state index in [1.54, 1.807) is 7.11 Å². The number of fused-ring (bicyclic) bond motifs is 1. The number of ether oxygens (including phenoxy) is 1. The lowest BCUT2D eigenvalue weighted by molar-refractivity contribution is 0.414. The molecule has 3 heterocycles. The highest BCUT2D eigenvalue weighted by atomic mass is 32.1. The zero-order valence-electron chi connectivity index (χ0n) is 15.0. The van der Waals surface area contributed by atoms with Crippen LogP contribution in [0, 0.1) is 0 Å². The van der Waals surface area contributed by atoms with Gasteiger partial charge in [0.05, 0.1) is 12.7 Å². The maximum absolute atomic E-state index is 5.60. The summed E-state index contributed by atoms with van der Waals surface area (Å²) in [5, 5.41) is 5.51. The van der Waals surface area contributed by atoms with Crippen molar-refractivity contribution in [1.82, 2.24) is 14.7 Å². The molecule has 136 valence electrons. The summed E-state index contributed by atoms with van der Waals surface area (Å²) < 4.78 is 13.0. The summed E-state index contributed by atoms with van der Waals surface area (Å²) in [5.41, 5.74) is 3.40. The highest BCUT2D eigenvalue weighted by Gasteiger charge is 2.26. The summed E-state index contributed by atoms with van der Waals surface area (Å²) in [4.78, 5) is 6.19. The molecule has 6 heteroatoms. The summed E-state index contributed by atoms with van der Waals surface area (Å²) in [6.07, 6.45) is 8.83. The van der Waals surface area contributed by atoms with Gasteiger partial charge in [-0.3, -0.25) is 0 Å². The molecule has 5 rings (SSSR count). The van der Waals surface area contributed by atoms with E-state index in [0.29, 0.717) is 11.7 Å². The predicted octanol–water partition coefficient (Wildman–Crippen LogP) is 5.14. The first-order chi connectivity index (χ1) is 13.3. The molecule has 5 nitrogen and oxygen atoms in total. The fourth-order valence-electron chi connectivity index (χ4n) is 3.61. The molecule has 0 atom stereocenters. The van der Waals surface area contributed by atoms with Gasteiger partial charge in [-0.15, -0.1) is 11.3 Å². The van der Waals surface area contributed by atoms with Crippen molar-refractivity contribution in [2.45, 2.75) is 25.7 Å². The lowest BCUT2D eigenvalue weighted by Crippen LogP contribution is -2.00. The van der Waals surface area contributed by atoms with Crippen molar-refractivity contribution in [3.8, 4) is 33.6 Å². The van der Waals surface area contributed by atoms with E-state index in [1.165, 1.54) is 28.3 Å². The fourth-order valence-corrected chi connectivity index (χ4v) is 4.96. The van der Waals surface area contributed by atoms with E-state index in [1.807, 2.05) is 47.7 Å². The Morgan fingerprint density at radius 2 is 1.85 bits per heavy atom. The summed E-state index contributed by atoms with van der Waals surface area (Å²) >= 11 is 1.85. The van der Waals surface area contributed by atoms with Gasteiger partial charge in [0, 0.05) is 22.8 Å². The van der Waals surface area contributed by atoms with E-state index < -0.39 is 0 Å². The Morgan fingerprint density at radius 1 is 1.07 bits per heavy atom. The minimum atomic E-state index is 0.530. The molecule has 1 aromatic carbocycles. The number of aryl methyl sites for hydroxylation is 1. The number of hydrogen-bond acceptors (Lipinski definition) is 5. The molecular formula is C21H19N3O2S. The molecule has 0 N–H and O–H groups in total. The SMILES string of the molecule is COc1ccc(-c2nc(-c3c(-n4cccc4)sc4c3CCCC4)no2)cc1. The quantitative estimate of drug-likeness (QED) is 0.494. The molecule has 0 bridgehead atoms. The van der Waals surface area contributed by atoms with Crippen molar-refractivity contribution in [2.24, 2.45) is 0 Å². The Balaban J connectivity index is 1.60. The number of methoxy groups -OCH3 is 1. The number of thiophene rings is 1. The summed E-state index contributed by atoms with van der Waals surface area (Å²) in [6.45, 7) is 0. The third-order valence-corrected chi connectivity index (χ3v) is 6.28. The zero-order valence-corrected chi connectivity index (χ0v) is 15.8. The van der Waals surface area contributed by atoms with Gasteiger partial charge in [0.15, 0.2) is 0 Å². The molecule has 0 fully saturated rings. The highest BCUT2D eigenvalue weighted by molar-refractivity contribution is 7.15. The minimum Gasteiger partial charge on any atom is -0.497 e. The van der Waals surface area contributed by atoms with Crippen LogP contribution in [0.25, 0.3) is 27.8 Å². The van der Waals surface area contributed by atoms with Crippen LogP contribution in [-0.2, 0) is 12.8 Å². The molecule has 0 aliphatic heterocycles. The van der Waals surface area contributed by atoms with Gasteiger partial charge in [-0.2, -0.15) is 4.98 Å². The largest absolute Gasteiger partial charge is 0.497 e.